The molecular formula is C23H22N2OS. The predicted octanol–water partition coefficient (Wildman–Crippen LogP) is 4.48. The van der Waals surface area contributed by atoms with Crippen molar-refractivity contribution in [2.24, 2.45) is 0 Å². The number of amides is 1. The fourth-order valence-corrected chi connectivity index (χ4v) is 5.38. The number of thiophene rings is 1. The smallest absolute Gasteiger partial charge is 0.264 e. The minimum Gasteiger partial charge on any atom is -0.368 e. The summed E-state index contributed by atoms with van der Waals surface area (Å²) in [5, 5.41) is 0. The highest BCUT2D eigenvalue weighted by atomic mass is 32.1. The van der Waals surface area contributed by atoms with E-state index in [0.29, 0.717) is 0 Å². The third-order valence-electron chi connectivity index (χ3n) is 5.63. The molecule has 0 bridgehead atoms. The Bertz CT molecular complexity index is 971. The van der Waals surface area contributed by atoms with E-state index in [4.69, 9.17) is 0 Å². The zero-order valence-electron chi connectivity index (χ0n) is 15.2. The van der Waals surface area contributed by atoms with Crippen LogP contribution in [-0.2, 0) is 12.8 Å². The highest BCUT2D eigenvalue weighted by molar-refractivity contribution is 7.17. The van der Waals surface area contributed by atoms with Crippen molar-refractivity contribution in [1.29, 1.82) is 0 Å². The molecule has 1 aromatic heterocycles. The van der Waals surface area contributed by atoms with Crippen molar-refractivity contribution in [3.8, 4) is 10.4 Å². The number of rotatable bonds is 2. The summed E-state index contributed by atoms with van der Waals surface area (Å²) in [5.41, 5.74) is 5.30. The summed E-state index contributed by atoms with van der Waals surface area (Å²) in [7, 11) is 0. The number of para-hydroxylation sites is 1. The van der Waals surface area contributed by atoms with Gasteiger partial charge in [-0.15, -0.1) is 11.3 Å². The quantitative estimate of drug-likeness (QED) is 0.660. The van der Waals surface area contributed by atoms with Crippen molar-refractivity contribution >= 4 is 22.9 Å². The molecule has 0 radical (unpaired) electrons. The number of fused-ring (bicyclic) bond motifs is 3. The van der Waals surface area contributed by atoms with Crippen molar-refractivity contribution < 1.29 is 4.79 Å². The zero-order valence-corrected chi connectivity index (χ0v) is 16.0. The van der Waals surface area contributed by atoms with Crippen molar-refractivity contribution in [2.75, 3.05) is 31.1 Å². The number of piperazine rings is 1. The SMILES string of the molecule is O=C(c1cc2c(s1)-c1ccccc1CC2)N1CCN(c2ccccc2)CC1. The molecule has 1 saturated heterocycles. The van der Waals surface area contributed by atoms with E-state index < -0.39 is 0 Å². The van der Waals surface area contributed by atoms with Crippen molar-refractivity contribution in [3.63, 3.8) is 0 Å². The molecular weight excluding hydrogens is 352 g/mol. The van der Waals surface area contributed by atoms with Crippen LogP contribution in [0.2, 0.25) is 0 Å². The molecule has 1 aliphatic heterocycles. The fraction of sp³-hybridized carbons (Fsp3) is 0.261. The van der Waals surface area contributed by atoms with Crippen LogP contribution in [0.1, 0.15) is 20.8 Å². The summed E-state index contributed by atoms with van der Waals surface area (Å²) in [4.78, 5) is 19.7. The lowest BCUT2D eigenvalue weighted by Gasteiger charge is -2.36. The van der Waals surface area contributed by atoms with Gasteiger partial charge in [0.1, 0.15) is 0 Å². The van der Waals surface area contributed by atoms with Gasteiger partial charge in [-0.25, -0.2) is 0 Å². The number of hydrogen-bond donors (Lipinski definition) is 0. The zero-order chi connectivity index (χ0) is 18.2. The molecule has 1 amide bonds. The van der Waals surface area contributed by atoms with Crippen molar-refractivity contribution in [2.45, 2.75) is 12.8 Å². The number of nitrogens with zero attached hydrogens (tertiary/aromatic N) is 2. The molecule has 4 heteroatoms. The minimum atomic E-state index is 0.194. The molecule has 0 saturated carbocycles. The lowest BCUT2D eigenvalue weighted by atomic mass is 9.91. The van der Waals surface area contributed by atoms with Crippen LogP contribution in [0.15, 0.2) is 60.7 Å². The average molecular weight is 375 g/mol. The normalized spacial score (nSPS) is 16.0. The summed E-state index contributed by atoms with van der Waals surface area (Å²) in [6.45, 7) is 3.35. The van der Waals surface area contributed by atoms with Crippen LogP contribution in [0.5, 0.6) is 0 Å². The van der Waals surface area contributed by atoms with Gasteiger partial charge in [-0.05, 0) is 47.7 Å². The molecule has 1 aliphatic carbocycles. The van der Waals surface area contributed by atoms with E-state index in [-0.39, 0.29) is 5.91 Å². The van der Waals surface area contributed by atoms with Crippen LogP contribution < -0.4 is 4.90 Å². The number of carbonyl (C=O) groups excluding carboxylic acids is 1. The molecule has 3 aromatic rings. The Labute approximate surface area is 163 Å². The third kappa shape index (κ3) is 3.04. The molecule has 5 rings (SSSR count). The summed E-state index contributed by atoms with van der Waals surface area (Å²) >= 11 is 1.67. The van der Waals surface area contributed by atoms with Gasteiger partial charge in [0.25, 0.3) is 5.91 Å². The van der Waals surface area contributed by atoms with Crippen LogP contribution in [0, 0.1) is 0 Å². The van der Waals surface area contributed by atoms with E-state index in [1.807, 2.05) is 11.0 Å². The molecule has 0 unspecified atom stereocenters. The van der Waals surface area contributed by atoms with E-state index >= 15 is 0 Å². The van der Waals surface area contributed by atoms with Crippen LogP contribution in [0.25, 0.3) is 10.4 Å². The molecule has 0 atom stereocenters. The monoisotopic (exact) mass is 374 g/mol. The van der Waals surface area contributed by atoms with Crippen LogP contribution in [-0.4, -0.2) is 37.0 Å². The number of carbonyl (C=O) groups is 1. The lowest BCUT2D eigenvalue weighted by molar-refractivity contribution is 0.0751. The Morgan fingerprint density at radius 1 is 0.815 bits per heavy atom. The molecule has 0 N–H and O–H groups in total. The standard InChI is InChI=1S/C23H22N2OS/c26-23(25-14-12-24(13-15-25)19-7-2-1-3-8-19)21-16-18-11-10-17-6-4-5-9-20(17)22(18)27-21/h1-9,16H,10-15H2. The Morgan fingerprint density at radius 3 is 2.33 bits per heavy atom. The average Bonchev–Trinajstić information content (AvgIpc) is 3.19. The molecule has 2 heterocycles. The number of hydrogen-bond acceptors (Lipinski definition) is 3. The molecule has 2 aromatic carbocycles. The van der Waals surface area contributed by atoms with E-state index in [9.17, 15) is 4.79 Å². The maximum atomic E-state index is 13.1. The molecule has 136 valence electrons. The van der Waals surface area contributed by atoms with Gasteiger partial charge in [-0.1, -0.05) is 42.5 Å². The minimum absolute atomic E-state index is 0.194. The van der Waals surface area contributed by atoms with E-state index in [0.717, 1.165) is 43.9 Å². The first-order chi connectivity index (χ1) is 13.3. The second-order valence-electron chi connectivity index (χ2n) is 7.24. The number of anilines is 1. The first kappa shape index (κ1) is 16.6. The summed E-state index contributed by atoms with van der Waals surface area (Å²) in [6.07, 6.45) is 2.11. The number of benzene rings is 2. The summed E-state index contributed by atoms with van der Waals surface area (Å²) in [5.74, 6) is 0.194. The van der Waals surface area contributed by atoms with Crippen LogP contribution >= 0.6 is 11.3 Å². The first-order valence-corrected chi connectivity index (χ1v) is 10.4. The van der Waals surface area contributed by atoms with Gasteiger partial charge in [-0.3, -0.25) is 4.79 Å². The lowest BCUT2D eigenvalue weighted by Crippen LogP contribution is -2.48. The van der Waals surface area contributed by atoms with Gasteiger partial charge < -0.3 is 9.80 Å². The van der Waals surface area contributed by atoms with Crippen LogP contribution in [0.3, 0.4) is 0 Å². The summed E-state index contributed by atoms with van der Waals surface area (Å²) in [6, 6.07) is 21.2. The van der Waals surface area contributed by atoms with Gasteiger partial charge in [0.05, 0.1) is 4.88 Å². The number of aryl methyl sites for hydroxylation is 2. The Hall–Kier alpha value is -2.59. The van der Waals surface area contributed by atoms with Crippen molar-refractivity contribution in [1.82, 2.24) is 4.90 Å². The molecule has 1 fully saturated rings. The van der Waals surface area contributed by atoms with E-state index in [2.05, 4.69) is 59.5 Å². The van der Waals surface area contributed by atoms with Gasteiger partial charge >= 0.3 is 0 Å². The van der Waals surface area contributed by atoms with Gasteiger partial charge in [0.15, 0.2) is 0 Å². The highest BCUT2D eigenvalue weighted by Gasteiger charge is 2.26. The largest absolute Gasteiger partial charge is 0.368 e. The second kappa shape index (κ2) is 6.86. The van der Waals surface area contributed by atoms with Crippen molar-refractivity contribution in [3.05, 3.63) is 76.7 Å². The first-order valence-electron chi connectivity index (χ1n) is 9.60. The van der Waals surface area contributed by atoms with Gasteiger partial charge in [0, 0.05) is 36.7 Å². The van der Waals surface area contributed by atoms with Crippen LogP contribution in [0.4, 0.5) is 5.69 Å². The Kier molecular flexibility index (Phi) is 4.21. The maximum Gasteiger partial charge on any atom is 0.264 e. The van der Waals surface area contributed by atoms with Gasteiger partial charge in [0.2, 0.25) is 0 Å². The second-order valence-corrected chi connectivity index (χ2v) is 8.29. The predicted molar refractivity (Wildman–Crippen MR) is 112 cm³/mol. The Balaban J connectivity index is 1.33. The Morgan fingerprint density at radius 2 is 1.52 bits per heavy atom. The molecule has 0 spiro atoms. The van der Waals surface area contributed by atoms with E-state index in [1.165, 1.54) is 27.3 Å². The highest BCUT2D eigenvalue weighted by Crippen LogP contribution is 2.39. The molecule has 3 nitrogen and oxygen atoms in total. The summed E-state index contributed by atoms with van der Waals surface area (Å²) < 4.78 is 0. The third-order valence-corrected chi connectivity index (χ3v) is 6.83. The maximum absolute atomic E-state index is 13.1. The topological polar surface area (TPSA) is 23.6 Å². The van der Waals surface area contributed by atoms with Gasteiger partial charge in [-0.2, -0.15) is 0 Å². The van der Waals surface area contributed by atoms with E-state index in [1.54, 1.807) is 11.3 Å². The fourth-order valence-electron chi connectivity index (χ4n) is 4.14. The molecule has 27 heavy (non-hydrogen) atoms. The molecule has 2 aliphatic rings.